The fraction of sp³-hybridized carbons (Fsp3) is 0.765. The molecule has 5 heteroatoms. The van der Waals surface area contributed by atoms with E-state index in [4.69, 9.17) is 9.47 Å². The summed E-state index contributed by atoms with van der Waals surface area (Å²) in [6.45, 7) is 4.10. The number of carbonyl (C=O) groups is 2. The Morgan fingerprint density at radius 1 is 0.411 bits per heavy atom. The molecule has 0 saturated heterocycles. The fourth-order valence-electron chi connectivity index (χ4n) is 6.65. The molecule has 0 aromatic carbocycles. The first kappa shape index (κ1) is 53.6. The van der Waals surface area contributed by atoms with Crippen molar-refractivity contribution in [3.05, 3.63) is 60.8 Å². The van der Waals surface area contributed by atoms with Gasteiger partial charge in [0, 0.05) is 12.8 Å². The molecule has 56 heavy (non-hydrogen) atoms. The molecule has 0 amide bonds. The highest BCUT2D eigenvalue weighted by Gasteiger charge is 2.16. The Hall–Kier alpha value is -2.40. The van der Waals surface area contributed by atoms with E-state index in [0.717, 1.165) is 64.2 Å². The van der Waals surface area contributed by atoms with Crippen LogP contribution in [0.25, 0.3) is 0 Å². The zero-order chi connectivity index (χ0) is 40.7. The second-order valence-electron chi connectivity index (χ2n) is 15.8. The third-order valence-corrected chi connectivity index (χ3v) is 10.3. The number of aliphatic hydroxyl groups is 1. The van der Waals surface area contributed by atoms with E-state index in [2.05, 4.69) is 74.6 Å². The minimum absolute atomic E-state index is 0.0727. The predicted octanol–water partition coefficient (Wildman–Crippen LogP) is 15.5. The molecule has 0 aliphatic heterocycles. The zero-order valence-corrected chi connectivity index (χ0v) is 36.9. The van der Waals surface area contributed by atoms with Crippen LogP contribution in [0.15, 0.2) is 60.8 Å². The molecule has 0 aromatic rings. The maximum Gasteiger partial charge on any atom is 0.306 e. The normalized spacial score (nSPS) is 12.7. The molecule has 5 nitrogen and oxygen atoms in total. The van der Waals surface area contributed by atoms with Gasteiger partial charge in [-0.2, -0.15) is 0 Å². The standard InChI is InChI=1S/C51H90O5/c1-3-5-7-9-11-13-15-17-19-21-22-23-24-25-26-27-28-30-32-34-36-38-40-42-44-46-51(54)56-49(47-52)48-55-50(53)45-43-41-39-37-35-33-31-29-20-18-16-14-12-10-8-6-4-2/h12,14-15,17-18,20-22,24-25,49,52H,3-11,13,16,19,23,26-48H2,1-2H3/b14-12-,17-15-,20-18-,22-21-,25-24-. The van der Waals surface area contributed by atoms with Crippen LogP contribution in [0, 0.1) is 0 Å². The van der Waals surface area contributed by atoms with E-state index in [-0.39, 0.29) is 25.2 Å². The van der Waals surface area contributed by atoms with Gasteiger partial charge in [0.1, 0.15) is 6.61 Å². The number of hydrogen-bond donors (Lipinski definition) is 1. The number of rotatable bonds is 43. The summed E-state index contributed by atoms with van der Waals surface area (Å²) in [6, 6.07) is 0. The molecule has 0 rings (SSSR count). The maximum atomic E-state index is 12.2. The van der Waals surface area contributed by atoms with E-state index in [1.807, 2.05) is 0 Å². The minimum atomic E-state index is -0.779. The predicted molar refractivity (Wildman–Crippen MR) is 242 cm³/mol. The first-order chi connectivity index (χ1) is 27.6. The topological polar surface area (TPSA) is 72.8 Å². The lowest BCUT2D eigenvalue weighted by Crippen LogP contribution is -2.28. The Morgan fingerprint density at radius 2 is 0.714 bits per heavy atom. The molecule has 1 atom stereocenters. The van der Waals surface area contributed by atoms with E-state index >= 15 is 0 Å². The lowest BCUT2D eigenvalue weighted by Gasteiger charge is -2.15. The number of allylic oxidation sites excluding steroid dienone is 10. The number of esters is 2. The zero-order valence-electron chi connectivity index (χ0n) is 36.9. The van der Waals surface area contributed by atoms with Crippen molar-refractivity contribution >= 4 is 11.9 Å². The quantitative estimate of drug-likeness (QED) is 0.0379. The molecule has 0 spiro atoms. The van der Waals surface area contributed by atoms with Crippen molar-refractivity contribution in [2.24, 2.45) is 0 Å². The van der Waals surface area contributed by atoms with Crippen LogP contribution in [0.1, 0.15) is 232 Å². The number of carbonyl (C=O) groups excluding carboxylic acids is 2. The van der Waals surface area contributed by atoms with Gasteiger partial charge in [-0.1, -0.05) is 197 Å². The average Bonchev–Trinajstić information content (AvgIpc) is 3.20. The Labute approximate surface area is 347 Å². The summed E-state index contributed by atoms with van der Waals surface area (Å²) >= 11 is 0. The number of ether oxygens (including phenoxy) is 2. The van der Waals surface area contributed by atoms with E-state index in [1.54, 1.807) is 0 Å². The number of unbranched alkanes of at least 4 members (excludes halogenated alkanes) is 25. The highest BCUT2D eigenvalue weighted by molar-refractivity contribution is 5.70. The van der Waals surface area contributed by atoms with Gasteiger partial charge in [-0.05, 0) is 83.5 Å². The molecule has 1 unspecified atom stereocenters. The molecule has 0 bridgehead atoms. The van der Waals surface area contributed by atoms with Gasteiger partial charge in [-0.3, -0.25) is 9.59 Å². The SMILES string of the molecule is CCCCC/C=C\C/C=C\CCCCCCCCCC(=O)OCC(CO)OC(=O)CCCCCCCCCCCC/C=C\C/C=C\C/C=C\CCCCCCC. The van der Waals surface area contributed by atoms with Crippen LogP contribution in [0.5, 0.6) is 0 Å². The molecular weight excluding hydrogens is 693 g/mol. The van der Waals surface area contributed by atoms with Crippen LogP contribution < -0.4 is 0 Å². The van der Waals surface area contributed by atoms with Crippen LogP contribution >= 0.6 is 0 Å². The Balaban J connectivity index is 3.54. The van der Waals surface area contributed by atoms with Crippen LogP contribution in [-0.2, 0) is 19.1 Å². The fourth-order valence-corrected chi connectivity index (χ4v) is 6.65. The van der Waals surface area contributed by atoms with Gasteiger partial charge >= 0.3 is 11.9 Å². The third-order valence-electron chi connectivity index (χ3n) is 10.3. The first-order valence-corrected chi connectivity index (χ1v) is 23.8. The smallest absolute Gasteiger partial charge is 0.306 e. The molecule has 0 fully saturated rings. The summed E-state index contributed by atoms with van der Waals surface area (Å²) in [6.07, 6.45) is 61.5. The lowest BCUT2D eigenvalue weighted by atomic mass is 10.0. The first-order valence-electron chi connectivity index (χ1n) is 23.8. The van der Waals surface area contributed by atoms with Crippen molar-refractivity contribution < 1.29 is 24.2 Å². The van der Waals surface area contributed by atoms with Gasteiger partial charge < -0.3 is 14.6 Å². The molecule has 1 N–H and O–H groups in total. The summed E-state index contributed by atoms with van der Waals surface area (Å²) < 4.78 is 10.7. The molecule has 0 aliphatic carbocycles. The second-order valence-corrected chi connectivity index (χ2v) is 15.8. The summed E-state index contributed by atoms with van der Waals surface area (Å²) in [4.78, 5) is 24.4. The van der Waals surface area contributed by atoms with Crippen molar-refractivity contribution in [3.63, 3.8) is 0 Å². The van der Waals surface area contributed by atoms with Gasteiger partial charge in [0.2, 0.25) is 0 Å². The van der Waals surface area contributed by atoms with Crippen molar-refractivity contribution in [3.8, 4) is 0 Å². The van der Waals surface area contributed by atoms with E-state index in [1.165, 1.54) is 141 Å². The maximum absolute atomic E-state index is 12.2. The second kappa shape index (κ2) is 47.0. The van der Waals surface area contributed by atoms with E-state index in [9.17, 15) is 14.7 Å². The minimum Gasteiger partial charge on any atom is -0.462 e. The van der Waals surface area contributed by atoms with Gasteiger partial charge in [0.15, 0.2) is 6.10 Å². The van der Waals surface area contributed by atoms with Gasteiger partial charge in [-0.15, -0.1) is 0 Å². The van der Waals surface area contributed by atoms with Crippen LogP contribution in [-0.4, -0.2) is 36.4 Å². The summed E-state index contributed by atoms with van der Waals surface area (Å²) in [5.74, 6) is -0.602. The number of hydrogen-bond acceptors (Lipinski definition) is 5. The van der Waals surface area contributed by atoms with Crippen molar-refractivity contribution in [2.75, 3.05) is 13.2 Å². The lowest BCUT2D eigenvalue weighted by molar-refractivity contribution is -0.161. The van der Waals surface area contributed by atoms with Crippen LogP contribution in [0.3, 0.4) is 0 Å². The summed E-state index contributed by atoms with van der Waals surface area (Å²) in [5, 5.41) is 9.60. The van der Waals surface area contributed by atoms with Crippen LogP contribution in [0.2, 0.25) is 0 Å². The van der Waals surface area contributed by atoms with Gasteiger partial charge in [0.25, 0.3) is 0 Å². The Kier molecular flexibility index (Phi) is 45.0. The summed E-state index contributed by atoms with van der Waals surface area (Å²) in [7, 11) is 0. The average molecular weight is 783 g/mol. The Morgan fingerprint density at radius 3 is 1.11 bits per heavy atom. The Bertz CT molecular complexity index is 977. The molecule has 0 aromatic heterocycles. The monoisotopic (exact) mass is 783 g/mol. The van der Waals surface area contributed by atoms with Crippen molar-refractivity contribution in [1.29, 1.82) is 0 Å². The summed E-state index contributed by atoms with van der Waals surface area (Å²) in [5.41, 5.74) is 0. The highest BCUT2D eigenvalue weighted by atomic mass is 16.6. The largest absolute Gasteiger partial charge is 0.462 e. The highest BCUT2D eigenvalue weighted by Crippen LogP contribution is 2.14. The number of aliphatic hydroxyl groups excluding tert-OH is 1. The molecule has 0 radical (unpaired) electrons. The van der Waals surface area contributed by atoms with Crippen molar-refractivity contribution in [1.82, 2.24) is 0 Å². The van der Waals surface area contributed by atoms with Gasteiger partial charge in [0.05, 0.1) is 6.61 Å². The van der Waals surface area contributed by atoms with E-state index in [0.29, 0.717) is 12.8 Å². The molecule has 0 saturated carbocycles. The van der Waals surface area contributed by atoms with Gasteiger partial charge in [-0.25, -0.2) is 0 Å². The molecule has 324 valence electrons. The third kappa shape index (κ3) is 44.3. The molecular formula is C51H90O5. The van der Waals surface area contributed by atoms with Crippen LogP contribution in [0.4, 0.5) is 0 Å². The molecule has 0 aliphatic rings. The van der Waals surface area contributed by atoms with Crippen molar-refractivity contribution in [2.45, 2.75) is 238 Å². The van der Waals surface area contributed by atoms with E-state index < -0.39 is 6.10 Å². The molecule has 0 heterocycles.